The Morgan fingerprint density at radius 2 is 1.81 bits per heavy atom. The van der Waals surface area contributed by atoms with Crippen LogP contribution in [-0.2, 0) is 16.9 Å². The number of carbonyl (C=O) groups excluding carboxylic acids is 1. The Kier molecular flexibility index (Phi) is 4.39. The molecule has 0 spiro atoms. The lowest BCUT2D eigenvalue weighted by Gasteiger charge is -2.20. The van der Waals surface area contributed by atoms with Gasteiger partial charge in [-0.05, 0) is 46.8 Å². The van der Waals surface area contributed by atoms with Crippen molar-refractivity contribution in [2.75, 3.05) is 5.32 Å². The van der Waals surface area contributed by atoms with E-state index in [-0.39, 0.29) is 23.6 Å². The van der Waals surface area contributed by atoms with Gasteiger partial charge < -0.3 is 5.32 Å². The van der Waals surface area contributed by atoms with Gasteiger partial charge >= 0.3 is 0 Å². The van der Waals surface area contributed by atoms with Gasteiger partial charge in [0.25, 0.3) is 5.56 Å². The molecule has 0 saturated heterocycles. The maximum absolute atomic E-state index is 12.9. The second kappa shape index (κ2) is 6.40. The van der Waals surface area contributed by atoms with Gasteiger partial charge in [0.2, 0.25) is 5.91 Å². The smallest absolute Gasteiger partial charge is 0.293 e. The van der Waals surface area contributed by atoms with Gasteiger partial charge in [0.15, 0.2) is 0 Å². The fourth-order valence-corrected chi connectivity index (χ4v) is 2.81. The number of fused-ring (bicyclic) bond motifs is 1. The molecule has 3 rings (SSSR count). The van der Waals surface area contributed by atoms with Crippen molar-refractivity contribution in [1.29, 1.82) is 0 Å². The minimum Gasteiger partial charge on any atom is -0.324 e. The van der Waals surface area contributed by atoms with Crippen LogP contribution in [0, 0.1) is 13.8 Å². The summed E-state index contributed by atoms with van der Waals surface area (Å²) >= 11 is 0. The number of hydrogen-bond acceptors (Lipinski definition) is 4. The minimum absolute atomic E-state index is 0.154. The van der Waals surface area contributed by atoms with E-state index in [1.807, 2.05) is 58.9 Å². The lowest BCUT2D eigenvalue weighted by atomic mass is 10.1. The first kappa shape index (κ1) is 17.8. The molecule has 1 N–H and O–H groups in total. The fourth-order valence-electron chi connectivity index (χ4n) is 2.81. The Hall–Kier alpha value is -2.96. The van der Waals surface area contributed by atoms with Crippen LogP contribution in [0.3, 0.4) is 0 Å². The molecule has 0 radical (unpaired) electrons. The van der Waals surface area contributed by atoms with Gasteiger partial charge in [-0.3, -0.25) is 14.3 Å². The first-order valence-corrected chi connectivity index (χ1v) is 8.49. The largest absolute Gasteiger partial charge is 0.324 e. The first-order chi connectivity index (χ1) is 12.2. The van der Waals surface area contributed by atoms with Gasteiger partial charge in [0.1, 0.15) is 12.1 Å². The summed E-state index contributed by atoms with van der Waals surface area (Å²) in [6.07, 6.45) is 1.65. The highest BCUT2D eigenvalue weighted by Gasteiger charge is 2.22. The van der Waals surface area contributed by atoms with Gasteiger partial charge in [0.05, 0.1) is 17.4 Å². The minimum atomic E-state index is -0.351. The van der Waals surface area contributed by atoms with Gasteiger partial charge in [-0.15, -0.1) is 0 Å². The Labute approximate surface area is 151 Å². The van der Waals surface area contributed by atoms with Crippen LogP contribution in [0.2, 0.25) is 0 Å². The summed E-state index contributed by atoms with van der Waals surface area (Å²) in [6.45, 7) is 9.56. The lowest BCUT2D eigenvalue weighted by Crippen LogP contribution is -2.33. The molecule has 0 saturated carbocycles. The molecule has 0 aliphatic carbocycles. The van der Waals surface area contributed by atoms with E-state index in [0.717, 1.165) is 5.56 Å². The van der Waals surface area contributed by atoms with Crippen molar-refractivity contribution in [3.05, 3.63) is 52.1 Å². The number of benzene rings is 1. The predicted octanol–water partition coefficient (Wildman–Crippen LogP) is 2.60. The van der Waals surface area contributed by atoms with Crippen molar-refractivity contribution >= 4 is 22.5 Å². The monoisotopic (exact) mass is 353 g/mol. The third-order valence-corrected chi connectivity index (χ3v) is 4.13. The number of anilines is 1. The van der Waals surface area contributed by atoms with Crippen molar-refractivity contribution in [2.24, 2.45) is 0 Å². The van der Waals surface area contributed by atoms with Crippen LogP contribution in [-0.4, -0.2) is 25.5 Å². The van der Waals surface area contributed by atoms with Gasteiger partial charge in [-0.2, -0.15) is 10.2 Å². The Morgan fingerprint density at radius 1 is 1.15 bits per heavy atom. The normalized spacial score (nSPS) is 11.7. The summed E-state index contributed by atoms with van der Waals surface area (Å²) < 4.78 is 2.89. The summed E-state index contributed by atoms with van der Waals surface area (Å²) in [5.41, 5.74) is 2.25. The zero-order chi connectivity index (χ0) is 19.1. The molecule has 0 aliphatic heterocycles. The molecule has 3 aromatic rings. The van der Waals surface area contributed by atoms with Gasteiger partial charge in [-0.1, -0.05) is 17.7 Å². The highest BCUT2D eigenvalue weighted by molar-refractivity contribution is 5.90. The number of amides is 1. The van der Waals surface area contributed by atoms with E-state index in [2.05, 4.69) is 15.5 Å². The molecule has 7 nitrogen and oxygen atoms in total. The molecule has 0 aliphatic rings. The zero-order valence-corrected chi connectivity index (χ0v) is 15.7. The summed E-state index contributed by atoms with van der Waals surface area (Å²) in [7, 11) is 0. The zero-order valence-electron chi connectivity index (χ0n) is 15.7. The van der Waals surface area contributed by atoms with Crippen molar-refractivity contribution in [3.63, 3.8) is 0 Å². The number of rotatable bonds is 3. The molecule has 0 fully saturated rings. The Morgan fingerprint density at radius 3 is 2.42 bits per heavy atom. The fraction of sp³-hybridized carbons (Fsp3) is 0.368. The van der Waals surface area contributed by atoms with E-state index in [4.69, 9.17) is 0 Å². The van der Waals surface area contributed by atoms with Crippen LogP contribution in [0.25, 0.3) is 10.9 Å². The van der Waals surface area contributed by atoms with Crippen LogP contribution >= 0.6 is 0 Å². The number of nitrogens with one attached hydrogen (secondary N) is 1. The number of aromatic nitrogens is 4. The Balaban J connectivity index is 1.95. The van der Waals surface area contributed by atoms with Crippen LogP contribution < -0.4 is 10.9 Å². The van der Waals surface area contributed by atoms with E-state index < -0.39 is 0 Å². The summed E-state index contributed by atoms with van der Waals surface area (Å²) in [4.78, 5) is 25.3. The standard InChI is InChI=1S/C19H23N5O2/c1-12-6-8-14(9-7-12)21-16(25)11-23-18(26)17-15(13(2)22-23)10-20-24(17)19(3,4)5/h6-10H,11H2,1-5H3,(H,21,25). The second-order valence-corrected chi connectivity index (χ2v) is 7.45. The highest BCUT2D eigenvalue weighted by atomic mass is 16.2. The summed E-state index contributed by atoms with van der Waals surface area (Å²) in [5.74, 6) is -0.302. The van der Waals surface area contributed by atoms with E-state index in [1.165, 1.54) is 4.68 Å². The van der Waals surface area contributed by atoms with Crippen molar-refractivity contribution < 1.29 is 4.79 Å². The van der Waals surface area contributed by atoms with Crippen molar-refractivity contribution in [1.82, 2.24) is 19.6 Å². The predicted molar refractivity (Wildman–Crippen MR) is 101 cm³/mol. The second-order valence-electron chi connectivity index (χ2n) is 7.45. The number of hydrogen-bond donors (Lipinski definition) is 1. The maximum Gasteiger partial charge on any atom is 0.293 e. The average Bonchev–Trinajstić information content (AvgIpc) is 3.00. The van der Waals surface area contributed by atoms with E-state index in [9.17, 15) is 9.59 Å². The molecule has 2 aromatic heterocycles. The van der Waals surface area contributed by atoms with Crippen LogP contribution in [0.4, 0.5) is 5.69 Å². The number of aryl methyl sites for hydroxylation is 2. The maximum atomic E-state index is 12.9. The third-order valence-electron chi connectivity index (χ3n) is 4.13. The van der Waals surface area contributed by atoms with E-state index in [1.54, 1.807) is 10.9 Å². The van der Waals surface area contributed by atoms with Gasteiger partial charge in [-0.25, -0.2) is 4.68 Å². The summed E-state index contributed by atoms with van der Waals surface area (Å²) in [6, 6.07) is 7.48. The van der Waals surface area contributed by atoms with Crippen LogP contribution in [0.15, 0.2) is 35.3 Å². The topological polar surface area (TPSA) is 81.8 Å². The number of carbonyl (C=O) groups is 1. The molecular formula is C19H23N5O2. The quantitative estimate of drug-likeness (QED) is 0.785. The molecule has 1 aromatic carbocycles. The molecule has 0 unspecified atom stereocenters. The van der Waals surface area contributed by atoms with Gasteiger partial charge in [0, 0.05) is 11.1 Å². The molecule has 7 heteroatoms. The molecule has 0 atom stereocenters. The Bertz CT molecular complexity index is 1020. The molecule has 26 heavy (non-hydrogen) atoms. The third kappa shape index (κ3) is 3.37. The molecule has 1 amide bonds. The van der Waals surface area contributed by atoms with Crippen molar-refractivity contribution in [2.45, 2.75) is 46.7 Å². The van der Waals surface area contributed by atoms with Crippen LogP contribution in [0.5, 0.6) is 0 Å². The average molecular weight is 353 g/mol. The van der Waals surface area contributed by atoms with Crippen LogP contribution in [0.1, 0.15) is 32.0 Å². The highest BCUT2D eigenvalue weighted by Crippen LogP contribution is 2.20. The van der Waals surface area contributed by atoms with Crippen molar-refractivity contribution in [3.8, 4) is 0 Å². The van der Waals surface area contributed by atoms with E-state index in [0.29, 0.717) is 22.3 Å². The molecule has 0 bridgehead atoms. The summed E-state index contributed by atoms with van der Waals surface area (Å²) in [5, 5.41) is 12.1. The molecular weight excluding hydrogens is 330 g/mol. The first-order valence-electron chi connectivity index (χ1n) is 8.49. The lowest BCUT2D eigenvalue weighted by molar-refractivity contribution is -0.117. The van der Waals surface area contributed by atoms with E-state index >= 15 is 0 Å². The molecule has 2 heterocycles. The SMILES string of the molecule is Cc1ccc(NC(=O)Cn2nc(C)c3cnn(C(C)(C)C)c3c2=O)cc1. The molecule has 136 valence electrons. The number of nitrogens with zero attached hydrogens (tertiary/aromatic N) is 4.